The van der Waals surface area contributed by atoms with E-state index in [0.717, 1.165) is 47.7 Å². The Bertz CT molecular complexity index is 1380. The molecular weight excluding hydrogens is 511 g/mol. The highest BCUT2D eigenvalue weighted by Crippen LogP contribution is 2.39. The molecule has 5 nitrogen and oxygen atoms in total. The summed E-state index contributed by atoms with van der Waals surface area (Å²) in [4.78, 5) is 21.1. The maximum Gasteiger partial charge on any atom is 0.267 e. The molecule has 0 N–H and O–H groups in total. The predicted octanol–water partition coefficient (Wildman–Crippen LogP) is 8.05. The number of hydrogen-bond acceptors (Lipinski definition) is 5. The number of rotatable bonds is 8. The molecule has 1 aliphatic heterocycles. The van der Waals surface area contributed by atoms with Gasteiger partial charge in [0.25, 0.3) is 5.91 Å². The van der Waals surface area contributed by atoms with Gasteiger partial charge in [0, 0.05) is 6.04 Å². The largest absolute Gasteiger partial charge is 0.490 e. The summed E-state index contributed by atoms with van der Waals surface area (Å²) in [6, 6.07) is 20.2. The Hall–Kier alpha value is -3.58. The second kappa shape index (κ2) is 12.5. The van der Waals surface area contributed by atoms with Gasteiger partial charge < -0.3 is 9.47 Å². The summed E-state index contributed by atoms with van der Waals surface area (Å²) in [6.45, 7) is 4.65. The van der Waals surface area contributed by atoms with Crippen LogP contribution in [0.2, 0.25) is 0 Å². The summed E-state index contributed by atoms with van der Waals surface area (Å²) in [5.74, 6) is 0.854. The van der Waals surface area contributed by atoms with Crippen LogP contribution in [0.25, 0.3) is 6.08 Å². The Kier molecular flexibility index (Phi) is 8.67. The van der Waals surface area contributed by atoms with E-state index in [-0.39, 0.29) is 24.4 Å². The number of hydrogen-bond donors (Lipinski definition) is 0. The standard InChI is InChI=1S/C32H33FN2O3S/c1-3-37-29-19-23(14-17-28(29)38-21-24-8-7-9-25(33)18-24)20-30-31(36)35(27-10-5-4-6-11-27)32(39-30)34-26-15-12-22(2)13-16-26/h7-9,12-20,27H,3-6,10-11,21H2,1-2H3/b30-20+,34-32?. The van der Waals surface area contributed by atoms with Crippen molar-refractivity contribution in [3.63, 3.8) is 0 Å². The number of amides is 1. The van der Waals surface area contributed by atoms with Crippen LogP contribution in [0, 0.1) is 12.7 Å². The highest BCUT2D eigenvalue weighted by atomic mass is 32.2. The van der Waals surface area contributed by atoms with Crippen LogP contribution in [-0.2, 0) is 11.4 Å². The molecule has 0 spiro atoms. The third kappa shape index (κ3) is 6.71. The third-order valence-electron chi connectivity index (χ3n) is 6.88. The van der Waals surface area contributed by atoms with Crippen LogP contribution in [0.15, 0.2) is 76.6 Å². The van der Waals surface area contributed by atoms with E-state index in [9.17, 15) is 9.18 Å². The van der Waals surface area contributed by atoms with E-state index in [4.69, 9.17) is 14.5 Å². The molecular formula is C32H33FN2O3S. The Labute approximate surface area is 233 Å². The number of amidine groups is 1. The first-order valence-corrected chi connectivity index (χ1v) is 14.3. The van der Waals surface area contributed by atoms with Crippen molar-refractivity contribution in [2.45, 2.75) is 58.6 Å². The summed E-state index contributed by atoms with van der Waals surface area (Å²) < 4.78 is 25.4. The average Bonchev–Trinajstić information content (AvgIpc) is 3.24. The highest BCUT2D eigenvalue weighted by molar-refractivity contribution is 8.18. The Morgan fingerprint density at radius 1 is 1.00 bits per heavy atom. The van der Waals surface area contributed by atoms with E-state index in [1.807, 2.05) is 73.4 Å². The van der Waals surface area contributed by atoms with Gasteiger partial charge in [0.05, 0.1) is 17.2 Å². The van der Waals surface area contributed by atoms with Gasteiger partial charge in [0.15, 0.2) is 16.7 Å². The molecule has 1 heterocycles. The minimum Gasteiger partial charge on any atom is -0.490 e. The van der Waals surface area contributed by atoms with Crippen molar-refractivity contribution in [3.05, 3.63) is 94.1 Å². The molecule has 3 aromatic rings. The number of aryl methyl sites for hydroxylation is 1. The Balaban J connectivity index is 1.41. The Morgan fingerprint density at radius 3 is 2.54 bits per heavy atom. The topological polar surface area (TPSA) is 51.1 Å². The monoisotopic (exact) mass is 544 g/mol. The summed E-state index contributed by atoms with van der Waals surface area (Å²) in [7, 11) is 0. The van der Waals surface area contributed by atoms with Crippen molar-refractivity contribution in [1.29, 1.82) is 0 Å². The van der Waals surface area contributed by atoms with Gasteiger partial charge in [-0.15, -0.1) is 0 Å². The lowest BCUT2D eigenvalue weighted by molar-refractivity contribution is -0.124. The Morgan fingerprint density at radius 2 is 1.79 bits per heavy atom. The summed E-state index contributed by atoms with van der Waals surface area (Å²) in [5, 5.41) is 0.738. The molecule has 2 aliphatic rings. The van der Waals surface area contributed by atoms with Gasteiger partial charge in [0.2, 0.25) is 0 Å². The van der Waals surface area contributed by atoms with Crippen LogP contribution >= 0.6 is 11.8 Å². The van der Waals surface area contributed by atoms with Gasteiger partial charge in [-0.1, -0.05) is 55.2 Å². The van der Waals surface area contributed by atoms with E-state index in [0.29, 0.717) is 23.0 Å². The van der Waals surface area contributed by atoms with Gasteiger partial charge in [-0.2, -0.15) is 0 Å². The maximum atomic E-state index is 13.7. The van der Waals surface area contributed by atoms with E-state index >= 15 is 0 Å². The van der Waals surface area contributed by atoms with Crippen LogP contribution in [0.5, 0.6) is 11.5 Å². The number of nitrogens with zero attached hydrogens (tertiary/aromatic N) is 2. The van der Waals surface area contributed by atoms with Crippen LogP contribution in [0.4, 0.5) is 10.1 Å². The molecule has 0 atom stereocenters. The van der Waals surface area contributed by atoms with Gasteiger partial charge in [-0.25, -0.2) is 9.38 Å². The van der Waals surface area contributed by atoms with E-state index in [1.54, 1.807) is 6.07 Å². The van der Waals surface area contributed by atoms with Gasteiger partial charge >= 0.3 is 0 Å². The zero-order valence-corrected chi connectivity index (χ0v) is 23.2. The second-order valence-electron chi connectivity index (χ2n) is 9.87. The van der Waals surface area contributed by atoms with E-state index in [1.165, 1.54) is 35.9 Å². The number of carbonyl (C=O) groups is 1. The van der Waals surface area contributed by atoms with Crippen molar-refractivity contribution in [3.8, 4) is 11.5 Å². The fourth-order valence-electron chi connectivity index (χ4n) is 4.90. The SMILES string of the molecule is CCOc1cc(/C=C2/SC(=Nc3ccc(C)cc3)N(C3CCCCC3)C2=O)ccc1OCc1cccc(F)c1. The van der Waals surface area contributed by atoms with Crippen molar-refractivity contribution >= 4 is 34.6 Å². The summed E-state index contributed by atoms with van der Waals surface area (Å²) in [6.07, 6.45) is 7.37. The zero-order valence-electron chi connectivity index (χ0n) is 22.4. The molecule has 0 radical (unpaired) electrons. The molecule has 2 fully saturated rings. The smallest absolute Gasteiger partial charge is 0.267 e. The first-order valence-electron chi connectivity index (χ1n) is 13.5. The van der Waals surface area contributed by atoms with Crippen molar-refractivity contribution < 1.29 is 18.7 Å². The lowest BCUT2D eigenvalue weighted by atomic mass is 9.94. The molecule has 1 aliphatic carbocycles. The summed E-state index contributed by atoms with van der Waals surface area (Å²) >= 11 is 1.43. The van der Waals surface area contributed by atoms with Gasteiger partial charge in [-0.3, -0.25) is 9.69 Å². The lowest BCUT2D eigenvalue weighted by Gasteiger charge is -2.30. The molecule has 39 heavy (non-hydrogen) atoms. The normalized spacial score (nSPS) is 18.2. The number of aliphatic imine (C=N–C) groups is 1. The molecule has 3 aromatic carbocycles. The minimum atomic E-state index is -0.297. The third-order valence-corrected chi connectivity index (χ3v) is 7.87. The van der Waals surface area contributed by atoms with E-state index in [2.05, 4.69) is 0 Å². The van der Waals surface area contributed by atoms with Crippen molar-refractivity contribution in [2.75, 3.05) is 6.61 Å². The number of carbonyl (C=O) groups excluding carboxylic acids is 1. The lowest BCUT2D eigenvalue weighted by Crippen LogP contribution is -2.40. The maximum absolute atomic E-state index is 13.7. The molecule has 0 unspecified atom stereocenters. The predicted molar refractivity (Wildman–Crippen MR) is 156 cm³/mol. The minimum absolute atomic E-state index is 0.00199. The molecule has 1 saturated heterocycles. The van der Waals surface area contributed by atoms with Crippen LogP contribution < -0.4 is 9.47 Å². The fraction of sp³-hybridized carbons (Fsp3) is 0.312. The first kappa shape index (κ1) is 27.0. The van der Waals surface area contributed by atoms with Gasteiger partial charge in [-0.05, 0) is 92.1 Å². The molecule has 0 aromatic heterocycles. The van der Waals surface area contributed by atoms with E-state index < -0.39 is 0 Å². The number of halogens is 1. The fourth-order valence-corrected chi connectivity index (χ4v) is 5.96. The van der Waals surface area contributed by atoms with Crippen molar-refractivity contribution in [2.24, 2.45) is 4.99 Å². The quantitative estimate of drug-likeness (QED) is 0.269. The highest BCUT2D eigenvalue weighted by Gasteiger charge is 2.38. The number of benzene rings is 3. The molecule has 5 rings (SSSR count). The molecule has 7 heteroatoms. The molecule has 0 bridgehead atoms. The van der Waals surface area contributed by atoms with Crippen molar-refractivity contribution in [1.82, 2.24) is 4.90 Å². The molecule has 202 valence electrons. The van der Waals surface area contributed by atoms with Crippen LogP contribution in [0.1, 0.15) is 55.7 Å². The average molecular weight is 545 g/mol. The number of thioether (sulfide) groups is 1. The van der Waals surface area contributed by atoms with Crippen LogP contribution in [-0.4, -0.2) is 28.6 Å². The summed E-state index contributed by atoms with van der Waals surface area (Å²) in [5.41, 5.74) is 3.59. The molecule has 1 amide bonds. The van der Waals surface area contributed by atoms with Crippen LogP contribution in [0.3, 0.4) is 0 Å². The zero-order chi connectivity index (χ0) is 27.2. The molecule has 1 saturated carbocycles. The van der Waals surface area contributed by atoms with Gasteiger partial charge in [0.1, 0.15) is 12.4 Å². The first-order chi connectivity index (χ1) is 19.0. The second-order valence-corrected chi connectivity index (χ2v) is 10.9. The number of ether oxygens (including phenoxy) is 2.